The first-order valence-corrected chi connectivity index (χ1v) is 12.4. The minimum Gasteiger partial charge on any atom is -0.460 e. The van der Waals surface area contributed by atoms with Crippen molar-refractivity contribution in [2.45, 2.75) is 117 Å². The first kappa shape index (κ1) is 30.0. The molecule has 7 nitrogen and oxygen atoms in total. The molecule has 0 heterocycles. The standard InChI is InChI=1S/C27H46N2O5/c1-9-18(10-2)19-12-11-15-27(16-19,17-21(29)24(32)34-26(6,7)8)23(31)20(28)13-14-22(30)33-25(3,4)5/h11-12,15,18,20-21H,9-10,13-14,16-17,28-29H2,1-8H3/t20-,21-,27?/m0/s1. The molecule has 3 atom stereocenters. The van der Waals surface area contributed by atoms with E-state index in [-0.39, 0.29) is 25.0 Å². The summed E-state index contributed by atoms with van der Waals surface area (Å²) in [6.45, 7) is 15.0. The molecule has 0 aromatic carbocycles. The summed E-state index contributed by atoms with van der Waals surface area (Å²) in [5, 5.41) is 0. The summed E-state index contributed by atoms with van der Waals surface area (Å²) in [6.07, 6.45) is 8.38. The van der Waals surface area contributed by atoms with Gasteiger partial charge in [0.05, 0.1) is 11.5 Å². The van der Waals surface area contributed by atoms with E-state index in [1.54, 1.807) is 41.5 Å². The number of carbonyl (C=O) groups excluding carboxylic acids is 3. The Hall–Kier alpha value is -1.99. The summed E-state index contributed by atoms with van der Waals surface area (Å²) in [4.78, 5) is 38.6. The van der Waals surface area contributed by atoms with Gasteiger partial charge in [-0.25, -0.2) is 0 Å². The van der Waals surface area contributed by atoms with Gasteiger partial charge in [0.25, 0.3) is 0 Å². The van der Waals surface area contributed by atoms with Gasteiger partial charge in [-0.1, -0.05) is 37.6 Å². The Balaban J connectivity index is 3.13. The molecule has 1 aliphatic rings. The molecule has 0 saturated heterocycles. The maximum Gasteiger partial charge on any atom is 0.323 e. The molecule has 1 unspecified atom stereocenters. The lowest BCUT2D eigenvalue weighted by Crippen LogP contribution is -2.49. The van der Waals surface area contributed by atoms with Crippen molar-refractivity contribution in [3.63, 3.8) is 0 Å². The van der Waals surface area contributed by atoms with Crippen molar-refractivity contribution in [1.82, 2.24) is 0 Å². The van der Waals surface area contributed by atoms with Crippen LogP contribution in [0.4, 0.5) is 0 Å². The highest BCUT2D eigenvalue weighted by atomic mass is 16.6. The summed E-state index contributed by atoms with van der Waals surface area (Å²) in [7, 11) is 0. The SMILES string of the molecule is CCC(CC)C1=CC=CC(C[C@H](N)C(=O)OC(C)(C)C)(C(=O)[C@@H](N)CCC(=O)OC(C)(C)C)C1. The maximum atomic E-state index is 13.7. The van der Waals surface area contributed by atoms with Crippen LogP contribution in [0.2, 0.25) is 0 Å². The first-order chi connectivity index (χ1) is 15.5. The minimum atomic E-state index is -1.03. The molecule has 0 aromatic rings. The number of Topliss-reactive ketones (excluding diaryl/α,β-unsaturated/α-hetero) is 1. The average Bonchev–Trinajstić information content (AvgIpc) is 2.70. The van der Waals surface area contributed by atoms with E-state index < -0.39 is 40.6 Å². The summed E-state index contributed by atoms with van der Waals surface area (Å²) in [5.74, 6) is -0.836. The Bertz CT molecular complexity index is 784. The molecule has 194 valence electrons. The largest absolute Gasteiger partial charge is 0.460 e. The second-order valence-electron chi connectivity index (χ2n) is 11.4. The van der Waals surface area contributed by atoms with Crippen LogP contribution in [0.15, 0.2) is 23.8 Å². The Morgan fingerprint density at radius 1 is 0.971 bits per heavy atom. The highest BCUT2D eigenvalue weighted by molar-refractivity contribution is 5.93. The van der Waals surface area contributed by atoms with E-state index in [1.165, 1.54) is 0 Å². The second-order valence-corrected chi connectivity index (χ2v) is 11.4. The Labute approximate surface area is 205 Å². The number of carbonyl (C=O) groups is 3. The molecule has 0 aliphatic heterocycles. The molecule has 0 aromatic heterocycles. The van der Waals surface area contributed by atoms with E-state index >= 15 is 0 Å². The van der Waals surface area contributed by atoms with Gasteiger partial charge in [0, 0.05) is 6.42 Å². The van der Waals surface area contributed by atoms with Crippen LogP contribution in [0.3, 0.4) is 0 Å². The molecule has 0 bridgehead atoms. The van der Waals surface area contributed by atoms with Crippen LogP contribution in [0.1, 0.15) is 93.9 Å². The lowest BCUT2D eigenvalue weighted by molar-refractivity contribution is -0.157. The van der Waals surface area contributed by atoms with Gasteiger partial charge in [-0.3, -0.25) is 14.4 Å². The van der Waals surface area contributed by atoms with Crippen LogP contribution < -0.4 is 11.5 Å². The highest BCUT2D eigenvalue weighted by Crippen LogP contribution is 2.42. The maximum absolute atomic E-state index is 13.7. The smallest absolute Gasteiger partial charge is 0.323 e. The molecule has 1 aliphatic carbocycles. The van der Waals surface area contributed by atoms with Crippen molar-refractivity contribution in [3.8, 4) is 0 Å². The van der Waals surface area contributed by atoms with Crippen LogP contribution in [0.5, 0.6) is 0 Å². The summed E-state index contributed by atoms with van der Waals surface area (Å²) < 4.78 is 10.8. The molecule has 1 rings (SSSR count). The molecule has 0 radical (unpaired) electrons. The third-order valence-electron chi connectivity index (χ3n) is 5.96. The fourth-order valence-electron chi connectivity index (χ4n) is 4.36. The quantitative estimate of drug-likeness (QED) is 0.423. The van der Waals surface area contributed by atoms with E-state index in [0.717, 1.165) is 18.4 Å². The van der Waals surface area contributed by atoms with Gasteiger partial charge in [0.1, 0.15) is 17.2 Å². The average molecular weight is 479 g/mol. The second kappa shape index (κ2) is 12.1. The number of ketones is 1. The normalized spacial score (nSPS) is 20.5. The van der Waals surface area contributed by atoms with Crippen molar-refractivity contribution < 1.29 is 23.9 Å². The fraction of sp³-hybridized carbons (Fsp3) is 0.741. The minimum absolute atomic E-state index is 0.0390. The van der Waals surface area contributed by atoms with Gasteiger partial charge in [0.2, 0.25) is 0 Å². The van der Waals surface area contributed by atoms with E-state index in [1.807, 2.05) is 12.2 Å². The number of rotatable bonds is 11. The Morgan fingerprint density at radius 2 is 1.53 bits per heavy atom. The molecular formula is C27H46N2O5. The van der Waals surface area contributed by atoms with E-state index in [0.29, 0.717) is 12.3 Å². The van der Waals surface area contributed by atoms with Crippen LogP contribution in [-0.2, 0) is 23.9 Å². The molecular weight excluding hydrogens is 432 g/mol. The molecule has 4 N–H and O–H groups in total. The van der Waals surface area contributed by atoms with E-state index in [9.17, 15) is 14.4 Å². The van der Waals surface area contributed by atoms with Crippen molar-refractivity contribution in [2.75, 3.05) is 0 Å². The van der Waals surface area contributed by atoms with E-state index in [2.05, 4.69) is 19.9 Å². The lowest BCUT2D eigenvalue weighted by atomic mass is 9.66. The fourth-order valence-corrected chi connectivity index (χ4v) is 4.36. The van der Waals surface area contributed by atoms with Gasteiger partial charge in [-0.05, 0) is 79.6 Å². The van der Waals surface area contributed by atoms with Crippen LogP contribution >= 0.6 is 0 Å². The summed E-state index contributed by atoms with van der Waals surface area (Å²) in [6, 6.07) is -1.86. The molecule has 0 fully saturated rings. The molecule has 7 heteroatoms. The zero-order valence-corrected chi connectivity index (χ0v) is 22.4. The third kappa shape index (κ3) is 9.34. The first-order valence-electron chi connectivity index (χ1n) is 12.4. The van der Waals surface area contributed by atoms with Crippen LogP contribution in [-0.4, -0.2) is 41.0 Å². The zero-order valence-electron chi connectivity index (χ0n) is 22.4. The molecule has 34 heavy (non-hydrogen) atoms. The predicted octanol–water partition coefficient (Wildman–Crippen LogP) is 4.37. The molecule has 0 saturated carbocycles. The molecule has 0 amide bonds. The summed E-state index contributed by atoms with van der Waals surface area (Å²) in [5.41, 5.74) is 11.4. The van der Waals surface area contributed by atoms with Crippen molar-refractivity contribution >= 4 is 17.7 Å². The number of esters is 2. The van der Waals surface area contributed by atoms with Gasteiger partial charge < -0.3 is 20.9 Å². The zero-order chi connectivity index (χ0) is 26.3. The Kier molecular flexibility index (Phi) is 10.7. The van der Waals surface area contributed by atoms with Crippen molar-refractivity contribution in [3.05, 3.63) is 23.8 Å². The lowest BCUT2D eigenvalue weighted by Gasteiger charge is -2.38. The highest BCUT2D eigenvalue weighted by Gasteiger charge is 2.44. The third-order valence-corrected chi connectivity index (χ3v) is 5.96. The predicted molar refractivity (Wildman–Crippen MR) is 135 cm³/mol. The van der Waals surface area contributed by atoms with Crippen LogP contribution in [0.25, 0.3) is 0 Å². The van der Waals surface area contributed by atoms with Crippen molar-refractivity contribution in [1.29, 1.82) is 0 Å². The summed E-state index contributed by atoms with van der Waals surface area (Å²) >= 11 is 0. The Morgan fingerprint density at radius 3 is 2.03 bits per heavy atom. The van der Waals surface area contributed by atoms with Gasteiger partial charge in [0.15, 0.2) is 5.78 Å². The van der Waals surface area contributed by atoms with Crippen molar-refractivity contribution in [2.24, 2.45) is 22.8 Å². The van der Waals surface area contributed by atoms with Gasteiger partial charge in [-0.15, -0.1) is 0 Å². The van der Waals surface area contributed by atoms with E-state index in [4.69, 9.17) is 20.9 Å². The number of allylic oxidation sites excluding steroid dienone is 4. The van der Waals surface area contributed by atoms with Crippen LogP contribution in [0, 0.1) is 11.3 Å². The number of hydrogen-bond donors (Lipinski definition) is 2. The van der Waals surface area contributed by atoms with Gasteiger partial charge >= 0.3 is 11.9 Å². The monoisotopic (exact) mass is 478 g/mol. The number of ether oxygens (including phenoxy) is 2. The van der Waals surface area contributed by atoms with Gasteiger partial charge in [-0.2, -0.15) is 0 Å². The topological polar surface area (TPSA) is 122 Å². The number of nitrogens with two attached hydrogens (primary N) is 2. The molecule has 0 spiro atoms. The number of hydrogen-bond acceptors (Lipinski definition) is 7.